The van der Waals surface area contributed by atoms with Gasteiger partial charge in [-0.25, -0.2) is 4.79 Å². The number of methoxy groups -OCH3 is 1. The van der Waals surface area contributed by atoms with E-state index in [4.69, 9.17) is 4.74 Å². The second-order valence-electron chi connectivity index (χ2n) is 5.19. The Kier molecular flexibility index (Phi) is 4.82. The SMILES string of the molecule is COC(=O)c1sc(NC(=O)c2cc(C)cc(C)c2)c(C#N)c1C. The van der Waals surface area contributed by atoms with Gasteiger partial charge in [-0.2, -0.15) is 5.26 Å². The van der Waals surface area contributed by atoms with Gasteiger partial charge < -0.3 is 10.1 Å². The van der Waals surface area contributed by atoms with E-state index in [1.165, 1.54) is 7.11 Å². The van der Waals surface area contributed by atoms with Gasteiger partial charge in [0.1, 0.15) is 15.9 Å². The van der Waals surface area contributed by atoms with Crippen LogP contribution in [0, 0.1) is 32.1 Å². The number of nitrogens with one attached hydrogen (secondary N) is 1. The Labute approximate surface area is 138 Å². The molecule has 1 aromatic heterocycles. The molecule has 0 saturated carbocycles. The van der Waals surface area contributed by atoms with Gasteiger partial charge in [-0.15, -0.1) is 11.3 Å². The van der Waals surface area contributed by atoms with Gasteiger partial charge in [-0.05, 0) is 38.5 Å². The van der Waals surface area contributed by atoms with E-state index < -0.39 is 5.97 Å². The predicted molar refractivity (Wildman–Crippen MR) is 89.0 cm³/mol. The first-order valence-electron chi connectivity index (χ1n) is 6.88. The highest BCUT2D eigenvalue weighted by molar-refractivity contribution is 7.18. The van der Waals surface area contributed by atoms with Crippen LogP contribution in [0.15, 0.2) is 18.2 Å². The zero-order valence-corrected chi connectivity index (χ0v) is 14.1. The van der Waals surface area contributed by atoms with Crippen molar-refractivity contribution in [3.8, 4) is 6.07 Å². The van der Waals surface area contributed by atoms with Crippen molar-refractivity contribution in [1.82, 2.24) is 0 Å². The highest BCUT2D eigenvalue weighted by Crippen LogP contribution is 2.33. The third kappa shape index (κ3) is 3.41. The lowest BCUT2D eigenvalue weighted by Crippen LogP contribution is -2.12. The molecule has 0 bridgehead atoms. The minimum Gasteiger partial charge on any atom is -0.465 e. The van der Waals surface area contributed by atoms with E-state index in [1.54, 1.807) is 19.1 Å². The van der Waals surface area contributed by atoms with Crippen LogP contribution in [0.25, 0.3) is 0 Å². The molecule has 0 radical (unpaired) electrons. The van der Waals surface area contributed by atoms with Crippen LogP contribution in [-0.4, -0.2) is 19.0 Å². The van der Waals surface area contributed by atoms with E-state index >= 15 is 0 Å². The van der Waals surface area contributed by atoms with Gasteiger partial charge in [0.15, 0.2) is 0 Å². The maximum Gasteiger partial charge on any atom is 0.348 e. The molecule has 0 fully saturated rings. The molecule has 0 atom stereocenters. The van der Waals surface area contributed by atoms with Crippen LogP contribution in [0.1, 0.15) is 42.3 Å². The smallest absolute Gasteiger partial charge is 0.348 e. The van der Waals surface area contributed by atoms with Crippen LogP contribution in [0.3, 0.4) is 0 Å². The number of rotatable bonds is 3. The predicted octanol–water partition coefficient (Wildman–Crippen LogP) is 3.58. The number of thiophene rings is 1. The number of esters is 1. The molecular weight excluding hydrogens is 312 g/mol. The highest BCUT2D eigenvalue weighted by atomic mass is 32.1. The summed E-state index contributed by atoms with van der Waals surface area (Å²) in [5.74, 6) is -0.832. The van der Waals surface area contributed by atoms with Crippen LogP contribution < -0.4 is 5.32 Å². The Morgan fingerprint density at radius 3 is 2.30 bits per heavy atom. The quantitative estimate of drug-likeness (QED) is 0.873. The maximum absolute atomic E-state index is 12.4. The van der Waals surface area contributed by atoms with Crippen LogP contribution >= 0.6 is 11.3 Å². The molecule has 23 heavy (non-hydrogen) atoms. The second-order valence-corrected chi connectivity index (χ2v) is 6.21. The normalized spacial score (nSPS) is 10.0. The number of anilines is 1. The topological polar surface area (TPSA) is 79.2 Å². The van der Waals surface area contributed by atoms with Crippen molar-refractivity contribution in [3.05, 3.63) is 50.9 Å². The molecule has 0 aliphatic carbocycles. The van der Waals surface area contributed by atoms with E-state index in [1.807, 2.05) is 26.0 Å². The standard InChI is InChI=1S/C17H16N2O3S/c1-9-5-10(2)7-12(6-9)15(20)19-16-13(8-18)11(3)14(23-16)17(21)22-4/h5-7H,1-4H3,(H,19,20). The van der Waals surface area contributed by atoms with E-state index in [0.29, 0.717) is 21.0 Å². The molecule has 2 rings (SSSR count). The monoisotopic (exact) mass is 328 g/mol. The summed E-state index contributed by atoms with van der Waals surface area (Å²) >= 11 is 1.05. The summed E-state index contributed by atoms with van der Waals surface area (Å²) in [4.78, 5) is 24.5. The maximum atomic E-state index is 12.4. The molecule has 1 aromatic carbocycles. The largest absolute Gasteiger partial charge is 0.465 e. The summed E-state index contributed by atoms with van der Waals surface area (Å²) in [6, 6.07) is 7.55. The molecule has 1 N–H and O–H groups in total. The molecule has 1 heterocycles. The first-order chi connectivity index (χ1) is 10.9. The summed E-state index contributed by atoms with van der Waals surface area (Å²) in [5.41, 5.74) is 3.27. The molecule has 0 unspecified atom stereocenters. The van der Waals surface area contributed by atoms with Gasteiger partial charge in [0.25, 0.3) is 5.91 Å². The van der Waals surface area contributed by atoms with Gasteiger partial charge in [-0.1, -0.05) is 17.2 Å². The van der Waals surface area contributed by atoms with Gasteiger partial charge in [0, 0.05) is 5.56 Å². The number of ether oxygens (including phenoxy) is 1. The van der Waals surface area contributed by atoms with Crippen LogP contribution in [0.5, 0.6) is 0 Å². The molecule has 5 nitrogen and oxygen atoms in total. The molecule has 0 aliphatic heterocycles. The fraction of sp³-hybridized carbons (Fsp3) is 0.235. The zero-order valence-electron chi connectivity index (χ0n) is 13.3. The van der Waals surface area contributed by atoms with Gasteiger partial charge in [0.2, 0.25) is 0 Å². The fourth-order valence-electron chi connectivity index (χ4n) is 2.30. The van der Waals surface area contributed by atoms with Crippen molar-refractivity contribution in [2.75, 3.05) is 12.4 Å². The third-order valence-corrected chi connectivity index (χ3v) is 4.53. The van der Waals surface area contributed by atoms with Crippen molar-refractivity contribution >= 4 is 28.2 Å². The van der Waals surface area contributed by atoms with Crippen molar-refractivity contribution in [3.63, 3.8) is 0 Å². The Hall–Kier alpha value is -2.65. The van der Waals surface area contributed by atoms with Crippen molar-refractivity contribution in [1.29, 1.82) is 5.26 Å². The Balaban J connectivity index is 2.38. The molecule has 118 valence electrons. The summed E-state index contributed by atoms with van der Waals surface area (Å²) in [5, 5.41) is 12.4. The first-order valence-corrected chi connectivity index (χ1v) is 7.70. The number of benzene rings is 1. The Morgan fingerprint density at radius 2 is 1.78 bits per heavy atom. The molecular formula is C17H16N2O3S. The molecule has 0 spiro atoms. The lowest BCUT2D eigenvalue weighted by molar-refractivity contribution is 0.0605. The van der Waals surface area contributed by atoms with Crippen molar-refractivity contribution in [2.24, 2.45) is 0 Å². The number of carbonyl (C=O) groups is 2. The third-order valence-electron chi connectivity index (χ3n) is 3.34. The van der Waals surface area contributed by atoms with E-state index in [2.05, 4.69) is 5.32 Å². The minimum absolute atomic E-state index is 0.285. The van der Waals surface area contributed by atoms with Crippen molar-refractivity contribution in [2.45, 2.75) is 20.8 Å². The number of hydrogen-bond acceptors (Lipinski definition) is 5. The average Bonchev–Trinajstić information content (AvgIpc) is 2.81. The highest BCUT2D eigenvalue weighted by Gasteiger charge is 2.22. The van der Waals surface area contributed by atoms with Crippen LogP contribution in [0.4, 0.5) is 5.00 Å². The van der Waals surface area contributed by atoms with Gasteiger partial charge in [0.05, 0.1) is 12.7 Å². The Bertz CT molecular complexity index is 811. The molecule has 0 saturated heterocycles. The summed E-state index contributed by atoms with van der Waals surface area (Å²) in [6.07, 6.45) is 0. The van der Waals surface area contributed by atoms with E-state index in [0.717, 1.165) is 22.5 Å². The van der Waals surface area contributed by atoms with Crippen molar-refractivity contribution < 1.29 is 14.3 Å². The van der Waals surface area contributed by atoms with E-state index in [-0.39, 0.29) is 11.5 Å². The Morgan fingerprint density at radius 1 is 1.17 bits per heavy atom. The molecule has 2 aromatic rings. The number of hydrogen-bond donors (Lipinski definition) is 1. The molecule has 0 aliphatic rings. The summed E-state index contributed by atoms with van der Waals surface area (Å²) in [6.45, 7) is 5.48. The second kappa shape index (κ2) is 6.63. The number of amides is 1. The lowest BCUT2D eigenvalue weighted by atomic mass is 10.1. The summed E-state index contributed by atoms with van der Waals surface area (Å²) in [7, 11) is 1.28. The van der Waals surface area contributed by atoms with Gasteiger partial charge >= 0.3 is 5.97 Å². The number of aryl methyl sites for hydroxylation is 2. The summed E-state index contributed by atoms with van der Waals surface area (Å²) < 4.78 is 4.70. The fourth-order valence-corrected chi connectivity index (χ4v) is 3.38. The average molecular weight is 328 g/mol. The minimum atomic E-state index is -0.518. The van der Waals surface area contributed by atoms with E-state index in [9.17, 15) is 14.9 Å². The number of nitrogens with zero attached hydrogens (tertiary/aromatic N) is 1. The number of nitriles is 1. The lowest BCUT2D eigenvalue weighted by Gasteiger charge is -2.06. The van der Waals surface area contributed by atoms with Gasteiger partial charge in [-0.3, -0.25) is 4.79 Å². The molecule has 1 amide bonds. The number of carbonyl (C=O) groups excluding carboxylic acids is 2. The molecule has 6 heteroatoms. The first kappa shape index (κ1) is 16.7. The van der Waals surface area contributed by atoms with Crippen LogP contribution in [0.2, 0.25) is 0 Å². The van der Waals surface area contributed by atoms with Crippen LogP contribution in [-0.2, 0) is 4.74 Å². The zero-order chi connectivity index (χ0) is 17.1.